The molecule has 0 rings (SSSR count). The van der Waals surface area contributed by atoms with Crippen LogP contribution in [-0.4, -0.2) is 13.3 Å². The van der Waals surface area contributed by atoms with Gasteiger partial charge in [0.25, 0.3) is 0 Å². The van der Waals surface area contributed by atoms with Crippen molar-refractivity contribution in [2.45, 2.75) is 27.7 Å². The van der Waals surface area contributed by atoms with Crippen LogP contribution < -0.4 is 5.43 Å². The first-order chi connectivity index (χ1) is 4.91. The Morgan fingerprint density at radius 2 is 1.60 bits per heavy atom. The monoisotopic (exact) mass is 144 g/mol. The third-order valence-electron chi connectivity index (χ3n) is 0.309. The van der Waals surface area contributed by atoms with Gasteiger partial charge >= 0.3 is 0 Å². The Kier molecular flexibility index (Phi) is 66.7. The smallest absolute Gasteiger partial charge is 0.0462 e. The van der Waals surface area contributed by atoms with Crippen molar-refractivity contribution >= 4 is 6.21 Å². The summed E-state index contributed by atoms with van der Waals surface area (Å²) in [6.07, 6.45) is 3.19. The van der Waals surface area contributed by atoms with Gasteiger partial charge < -0.3 is 5.43 Å². The van der Waals surface area contributed by atoms with Gasteiger partial charge in [0.1, 0.15) is 0 Å². The number of nitrogens with one attached hydrogen (secondary N) is 1. The second-order valence-electron chi connectivity index (χ2n) is 0.737. The molecule has 0 aliphatic carbocycles. The summed E-state index contributed by atoms with van der Waals surface area (Å²) in [5.74, 6) is 0. The molecule has 0 heterocycles. The number of allylic oxidation sites excluding steroid dienone is 1. The van der Waals surface area contributed by atoms with E-state index in [0.29, 0.717) is 0 Å². The van der Waals surface area contributed by atoms with E-state index in [-0.39, 0.29) is 0 Å². The Morgan fingerprint density at radius 3 is 1.70 bits per heavy atom. The van der Waals surface area contributed by atoms with Crippen molar-refractivity contribution in [3.05, 3.63) is 12.7 Å². The zero-order valence-corrected chi connectivity index (χ0v) is 7.81. The van der Waals surface area contributed by atoms with E-state index in [2.05, 4.69) is 17.1 Å². The largest absolute Gasteiger partial charge is 0.313 e. The van der Waals surface area contributed by atoms with Gasteiger partial charge in [-0.2, -0.15) is 5.10 Å². The molecule has 0 aliphatic rings. The first-order valence-corrected chi connectivity index (χ1v) is 3.72. The van der Waals surface area contributed by atoms with Gasteiger partial charge in [-0.15, -0.1) is 0 Å². The van der Waals surface area contributed by atoms with E-state index in [9.17, 15) is 0 Å². The summed E-state index contributed by atoms with van der Waals surface area (Å²) in [6.45, 7) is 11.4. The van der Waals surface area contributed by atoms with Crippen molar-refractivity contribution in [3.63, 3.8) is 0 Å². The molecule has 0 fully saturated rings. The average Bonchev–Trinajstić information content (AvgIpc) is 2.08. The van der Waals surface area contributed by atoms with E-state index < -0.39 is 0 Å². The van der Waals surface area contributed by atoms with Gasteiger partial charge in [0.2, 0.25) is 0 Å². The number of nitrogens with zero attached hydrogens (tertiary/aromatic N) is 1. The summed E-state index contributed by atoms with van der Waals surface area (Å²) in [5, 5.41) is 3.60. The second kappa shape index (κ2) is 41.4. The lowest BCUT2D eigenvalue weighted by molar-refractivity contribution is 0.909. The number of hydrogen-bond acceptors (Lipinski definition) is 2. The minimum Gasteiger partial charge on any atom is -0.313 e. The van der Waals surface area contributed by atoms with Crippen LogP contribution in [0.25, 0.3) is 0 Å². The zero-order chi connectivity index (χ0) is 8.83. The quantitative estimate of drug-likeness (QED) is 0.467. The van der Waals surface area contributed by atoms with E-state index in [1.165, 1.54) is 0 Å². The van der Waals surface area contributed by atoms with Gasteiger partial charge in [0.05, 0.1) is 0 Å². The molecule has 0 radical (unpaired) electrons. The molecule has 0 amide bonds. The first-order valence-electron chi connectivity index (χ1n) is 3.72. The lowest BCUT2D eigenvalue weighted by Gasteiger charge is -1.76. The summed E-state index contributed by atoms with van der Waals surface area (Å²) >= 11 is 0. The molecule has 0 atom stereocenters. The molecule has 0 saturated carbocycles. The fraction of sp³-hybridized carbons (Fsp3) is 0.625. The van der Waals surface area contributed by atoms with Gasteiger partial charge in [0.15, 0.2) is 0 Å². The van der Waals surface area contributed by atoms with E-state index in [1.54, 1.807) is 19.3 Å². The summed E-state index contributed by atoms with van der Waals surface area (Å²) in [4.78, 5) is 0. The maximum atomic E-state index is 3.60. The van der Waals surface area contributed by atoms with Crippen molar-refractivity contribution in [2.75, 3.05) is 7.05 Å². The predicted molar refractivity (Wildman–Crippen MR) is 50.4 cm³/mol. The van der Waals surface area contributed by atoms with E-state index in [0.717, 1.165) is 0 Å². The number of hydrogen-bond donors (Lipinski definition) is 1. The van der Waals surface area contributed by atoms with Crippen LogP contribution >= 0.6 is 0 Å². The van der Waals surface area contributed by atoms with Crippen molar-refractivity contribution < 1.29 is 0 Å². The Balaban J connectivity index is -0.000000105. The Labute approximate surface area is 65.0 Å². The molecular formula is C8H20N2. The van der Waals surface area contributed by atoms with Crippen LogP contribution in [-0.2, 0) is 0 Å². The molecule has 0 aliphatic heterocycles. The van der Waals surface area contributed by atoms with E-state index >= 15 is 0 Å². The Bertz CT molecular complexity index is 58.3. The molecule has 0 unspecified atom stereocenters. The molecule has 62 valence electrons. The number of rotatable bonds is 2. The summed E-state index contributed by atoms with van der Waals surface area (Å²) in [6, 6.07) is 0. The highest BCUT2D eigenvalue weighted by molar-refractivity contribution is 5.69. The second-order valence-corrected chi connectivity index (χ2v) is 0.737. The fourth-order valence-corrected chi connectivity index (χ4v) is 0.127. The molecule has 0 aromatic rings. The lowest BCUT2D eigenvalue weighted by atomic mass is 10.7. The van der Waals surface area contributed by atoms with Gasteiger partial charge in [-0.1, -0.05) is 34.3 Å². The summed E-state index contributed by atoms with van der Waals surface area (Å²) in [7, 11) is 1.74. The Morgan fingerprint density at radius 1 is 1.20 bits per heavy atom. The van der Waals surface area contributed by atoms with Gasteiger partial charge in [-0.05, 0) is 6.08 Å². The van der Waals surface area contributed by atoms with Crippen LogP contribution in [0.5, 0.6) is 0 Å². The van der Waals surface area contributed by atoms with Crippen LogP contribution in [0.4, 0.5) is 0 Å². The predicted octanol–water partition coefficient (Wildman–Crippen LogP) is 2.43. The number of hydrazone groups is 1. The minimum atomic E-state index is 1.58. The first kappa shape index (κ1) is 16.1. The third-order valence-corrected chi connectivity index (χ3v) is 0.309. The zero-order valence-electron chi connectivity index (χ0n) is 7.81. The molecule has 0 aromatic carbocycles. The molecule has 0 saturated heterocycles. The van der Waals surface area contributed by atoms with Crippen LogP contribution in [0, 0.1) is 0 Å². The van der Waals surface area contributed by atoms with E-state index in [4.69, 9.17) is 0 Å². The van der Waals surface area contributed by atoms with Crippen LogP contribution in [0.2, 0.25) is 0 Å². The third kappa shape index (κ3) is 56.9. The Hall–Kier alpha value is -0.790. The van der Waals surface area contributed by atoms with E-state index in [1.807, 2.05) is 27.7 Å². The van der Waals surface area contributed by atoms with Gasteiger partial charge in [0, 0.05) is 13.3 Å². The standard InChI is InChI=1S/C4H8N2.2C2H6/c1-3-4-6-5-2;2*1-2/h3-5H,1H2,2H3;2*1-2H3/b6-4-;;. The van der Waals surface area contributed by atoms with Crippen molar-refractivity contribution in [1.82, 2.24) is 5.43 Å². The molecule has 0 spiro atoms. The molecule has 0 bridgehead atoms. The maximum Gasteiger partial charge on any atom is 0.0462 e. The topological polar surface area (TPSA) is 24.4 Å². The highest BCUT2D eigenvalue weighted by Gasteiger charge is 1.49. The summed E-state index contributed by atoms with van der Waals surface area (Å²) < 4.78 is 0. The van der Waals surface area contributed by atoms with Gasteiger partial charge in [-0.25, -0.2) is 0 Å². The fourth-order valence-electron chi connectivity index (χ4n) is 0.127. The van der Waals surface area contributed by atoms with Crippen LogP contribution in [0.15, 0.2) is 17.8 Å². The highest BCUT2D eigenvalue weighted by atomic mass is 15.3. The molecule has 2 heteroatoms. The molecule has 0 aromatic heterocycles. The molecule has 1 N–H and O–H groups in total. The normalized spacial score (nSPS) is 6.50. The SMILES string of the molecule is C=C/C=N\NC.CC.CC. The lowest BCUT2D eigenvalue weighted by Crippen LogP contribution is -1.91. The molecule has 2 nitrogen and oxygen atoms in total. The summed E-state index contributed by atoms with van der Waals surface area (Å²) in [5.41, 5.74) is 2.57. The van der Waals surface area contributed by atoms with Crippen LogP contribution in [0.3, 0.4) is 0 Å². The van der Waals surface area contributed by atoms with Gasteiger partial charge in [-0.3, -0.25) is 0 Å². The minimum absolute atomic E-state index is 1.58. The highest BCUT2D eigenvalue weighted by Crippen LogP contribution is 1.49. The van der Waals surface area contributed by atoms with Crippen molar-refractivity contribution in [3.8, 4) is 0 Å². The maximum absolute atomic E-state index is 3.60. The van der Waals surface area contributed by atoms with Crippen molar-refractivity contribution in [1.29, 1.82) is 0 Å². The van der Waals surface area contributed by atoms with Crippen LogP contribution in [0.1, 0.15) is 27.7 Å². The molecular weight excluding hydrogens is 124 g/mol. The average molecular weight is 144 g/mol. The van der Waals surface area contributed by atoms with Crippen molar-refractivity contribution in [2.24, 2.45) is 5.10 Å². The molecule has 10 heavy (non-hydrogen) atoms.